The molecule has 0 heterocycles. The van der Waals surface area contributed by atoms with Crippen LogP contribution in [0, 0.1) is 0 Å². The van der Waals surface area contributed by atoms with Crippen LogP contribution in [-0.2, 0) is 6.42 Å². The lowest BCUT2D eigenvalue weighted by molar-refractivity contribution is 0.616. The average Bonchev–Trinajstić information content (AvgIpc) is 2.68. The molecule has 3 aromatic carbocycles. The number of aryl methyl sites for hydroxylation is 1. The lowest BCUT2D eigenvalue weighted by Crippen LogP contribution is -2.10. The molecule has 1 aliphatic rings. The van der Waals surface area contributed by atoms with Crippen molar-refractivity contribution in [3.8, 4) is 11.1 Å². The number of nitrogens with zero attached hydrogens (tertiary/aromatic N) is 1. The lowest BCUT2D eigenvalue weighted by atomic mass is 9.78. The highest BCUT2D eigenvalue weighted by molar-refractivity contribution is 5.67. The van der Waals surface area contributed by atoms with Crippen LogP contribution in [0.25, 0.3) is 11.1 Å². The van der Waals surface area contributed by atoms with Gasteiger partial charge in [-0.05, 0) is 59.2 Å². The van der Waals surface area contributed by atoms with Gasteiger partial charge in [-0.25, -0.2) is 0 Å². The van der Waals surface area contributed by atoms with E-state index in [2.05, 4.69) is 91.8 Å². The molecule has 0 spiro atoms. The minimum Gasteiger partial charge on any atom is -0.378 e. The van der Waals surface area contributed by atoms with E-state index in [0.717, 1.165) is 0 Å². The van der Waals surface area contributed by atoms with Gasteiger partial charge in [-0.3, -0.25) is 0 Å². The van der Waals surface area contributed by atoms with E-state index in [9.17, 15) is 0 Å². The van der Waals surface area contributed by atoms with Crippen molar-refractivity contribution in [2.24, 2.45) is 0 Å². The van der Waals surface area contributed by atoms with Crippen molar-refractivity contribution in [3.05, 3.63) is 89.5 Å². The molecule has 0 bridgehead atoms. The summed E-state index contributed by atoms with van der Waals surface area (Å²) in [4.78, 5) is 2.14. The minimum absolute atomic E-state index is 0.533. The summed E-state index contributed by atoms with van der Waals surface area (Å²) >= 11 is 0. The fourth-order valence-electron chi connectivity index (χ4n) is 3.99. The molecular weight excluding hydrogens is 302 g/mol. The summed E-state index contributed by atoms with van der Waals surface area (Å²) in [5.74, 6) is 0.533. The van der Waals surface area contributed by atoms with E-state index >= 15 is 0 Å². The molecule has 0 aromatic heterocycles. The Kier molecular flexibility index (Phi) is 4.31. The Morgan fingerprint density at radius 2 is 1.60 bits per heavy atom. The highest BCUT2D eigenvalue weighted by Crippen LogP contribution is 2.37. The lowest BCUT2D eigenvalue weighted by Gasteiger charge is -2.26. The third-order valence-corrected chi connectivity index (χ3v) is 5.38. The van der Waals surface area contributed by atoms with Gasteiger partial charge < -0.3 is 4.90 Å². The zero-order chi connectivity index (χ0) is 17.2. The molecule has 4 rings (SSSR count). The summed E-state index contributed by atoms with van der Waals surface area (Å²) in [6.45, 7) is 0. The quantitative estimate of drug-likeness (QED) is 0.580. The standard InChI is InChI=1S/C24H25N/c1-25(2)22-15-13-18(14-16-22)20-9-5-10-21(17-20)24-12-6-8-19-7-3-4-11-23(19)24/h3-5,7,9-11,13-17,24H,6,8,12H2,1-2H3/t24-/m0/s1. The predicted molar refractivity (Wildman–Crippen MR) is 107 cm³/mol. The van der Waals surface area contributed by atoms with Crippen LogP contribution in [0.4, 0.5) is 5.69 Å². The number of anilines is 1. The van der Waals surface area contributed by atoms with E-state index < -0.39 is 0 Å². The van der Waals surface area contributed by atoms with Crippen LogP contribution in [0.15, 0.2) is 72.8 Å². The Hall–Kier alpha value is -2.54. The van der Waals surface area contributed by atoms with E-state index in [1.54, 1.807) is 0 Å². The first-order chi connectivity index (χ1) is 12.2. The number of rotatable bonds is 3. The molecule has 1 atom stereocenters. The van der Waals surface area contributed by atoms with Gasteiger partial charge in [0.15, 0.2) is 0 Å². The van der Waals surface area contributed by atoms with E-state index in [4.69, 9.17) is 0 Å². The van der Waals surface area contributed by atoms with Gasteiger partial charge in [0.1, 0.15) is 0 Å². The minimum atomic E-state index is 0.533. The van der Waals surface area contributed by atoms with Crippen molar-refractivity contribution < 1.29 is 0 Å². The van der Waals surface area contributed by atoms with Crippen molar-refractivity contribution >= 4 is 5.69 Å². The van der Waals surface area contributed by atoms with Gasteiger partial charge in [-0.15, -0.1) is 0 Å². The smallest absolute Gasteiger partial charge is 0.0361 e. The second kappa shape index (κ2) is 6.76. The van der Waals surface area contributed by atoms with Crippen LogP contribution in [0.5, 0.6) is 0 Å². The zero-order valence-electron chi connectivity index (χ0n) is 15.1. The molecule has 1 nitrogen and oxygen atoms in total. The van der Waals surface area contributed by atoms with Crippen molar-refractivity contribution in [1.29, 1.82) is 0 Å². The number of hydrogen-bond donors (Lipinski definition) is 0. The summed E-state index contributed by atoms with van der Waals surface area (Å²) in [5, 5.41) is 0. The molecule has 1 aliphatic carbocycles. The average molecular weight is 327 g/mol. The van der Waals surface area contributed by atoms with Gasteiger partial charge >= 0.3 is 0 Å². The second-order valence-electron chi connectivity index (χ2n) is 7.21. The largest absolute Gasteiger partial charge is 0.378 e. The molecule has 25 heavy (non-hydrogen) atoms. The zero-order valence-corrected chi connectivity index (χ0v) is 15.1. The molecule has 0 saturated heterocycles. The van der Waals surface area contributed by atoms with Crippen molar-refractivity contribution in [3.63, 3.8) is 0 Å². The van der Waals surface area contributed by atoms with Crippen molar-refractivity contribution in [2.45, 2.75) is 25.2 Å². The van der Waals surface area contributed by atoms with E-state index in [1.807, 2.05) is 0 Å². The van der Waals surface area contributed by atoms with Gasteiger partial charge in [-0.1, -0.05) is 60.7 Å². The van der Waals surface area contributed by atoms with Gasteiger partial charge in [0.2, 0.25) is 0 Å². The maximum Gasteiger partial charge on any atom is 0.0361 e. The first kappa shape index (κ1) is 16.0. The topological polar surface area (TPSA) is 3.24 Å². The van der Waals surface area contributed by atoms with Crippen molar-refractivity contribution in [2.75, 3.05) is 19.0 Å². The number of benzene rings is 3. The highest BCUT2D eigenvalue weighted by atomic mass is 15.1. The third kappa shape index (κ3) is 3.19. The summed E-state index contributed by atoms with van der Waals surface area (Å²) in [5.41, 5.74) is 8.33. The fourth-order valence-corrected chi connectivity index (χ4v) is 3.99. The maximum absolute atomic E-state index is 2.39. The molecule has 3 aromatic rings. The number of hydrogen-bond acceptors (Lipinski definition) is 1. The van der Waals surface area contributed by atoms with Crippen LogP contribution in [0.2, 0.25) is 0 Å². The third-order valence-electron chi connectivity index (χ3n) is 5.38. The maximum atomic E-state index is 2.39. The Bertz CT molecular complexity index is 861. The molecule has 0 radical (unpaired) electrons. The van der Waals surface area contributed by atoms with Crippen LogP contribution in [0.3, 0.4) is 0 Å². The fraction of sp³-hybridized carbons (Fsp3) is 0.250. The molecule has 126 valence electrons. The van der Waals surface area contributed by atoms with E-state index in [1.165, 1.54) is 52.8 Å². The first-order valence-corrected chi connectivity index (χ1v) is 9.18. The van der Waals surface area contributed by atoms with Crippen LogP contribution < -0.4 is 4.90 Å². The summed E-state index contributed by atoms with van der Waals surface area (Å²) in [7, 11) is 4.16. The predicted octanol–water partition coefficient (Wildman–Crippen LogP) is 5.89. The summed E-state index contributed by atoms with van der Waals surface area (Å²) < 4.78 is 0. The van der Waals surface area contributed by atoms with Crippen molar-refractivity contribution in [1.82, 2.24) is 0 Å². The normalized spacial score (nSPS) is 16.3. The Balaban J connectivity index is 1.69. The molecular formula is C24H25N. The highest BCUT2D eigenvalue weighted by Gasteiger charge is 2.21. The molecule has 0 aliphatic heterocycles. The summed E-state index contributed by atoms with van der Waals surface area (Å²) in [6.07, 6.45) is 3.75. The summed E-state index contributed by atoms with van der Waals surface area (Å²) in [6, 6.07) is 26.9. The van der Waals surface area contributed by atoms with Crippen LogP contribution >= 0.6 is 0 Å². The molecule has 1 heteroatoms. The van der Waals surface area contributed by atoms with Gasteiger partial charge in [0, 0.05) is 25.7 Å². The second-order valence-corrected chi connectivity index (χ2v) is 7.21. The van der Waals surface area contributed by atoms with Crippen LogP contribution in [0.1, 0.15) is 35.4 Å². The molecule has 0 amide bonds. The SMILES string of the molecule is CN(C)c1ccc(-c2cccc([C@@H]3CCCc4ccccc43)c2)cc1. The Morgan fingerprint density at radius 1 is 0.800 bits per heavy atom. The van der Waals surface area contributed by atoms with Gasteiger partial charge in [-0.2, -0.15) is 0 Å². The van der Waals surface area contributed by atoms with Gasteiger partial charge in [0.25, 0.3) is 0 Å². The van der Waals surface area contributed by atoms with E-state index in [0.29, 0.717) is 5.92 Å². The van der Waals surface area contributed by atoms with E-state index in [-0.39, 0.29) is 0 Å². The molecule has 0 fully saturated rings. The van der Waals surface area contributed by atoms with Gasteiger partial charge in [0.05, 0.1) is 0 Å². The monoisotopic (exact) mass is 327 g/mol. The van der Waals surface area contributed by atoms with Crippen LogP contribution in [-0.4, -0.2) is 14.1 Å². The number of fused-ring (bicyclic) bond motifs is 1. The molecule has 0 N–H and O–H groups in total. The Labute approximate surface area is 150 Å². The Morgan fingerprint density at radius 3 is 2.40 bits per heavy atom. The molecule has 0 saturated carbocycles. The first-order valence-electron chi connectivity index (χ1n) is 9.18. The molecule has 0 unspecified atom stereocenters.